The number of fused-ring (bicyclic) bond motifs is 1. The van der Waals surface area contributed by atoms with E-state index in [1.54, 1.807) is 12.3 Å². The lowest BCUT2D eigenvalue weighted by molar-refractivity contribution is -0.117. The van der Waals surface area contributed by atoms with Crippen LogP contribution in [0.5, 0.6) is 0 Å². The van der Waals surface area contributed by atoms with Crippen molar-refractivity contribution in [3.8, 4) is 0 Å². The van der Waals surface area contributed by atoms with Crippen molar-refractivity contribution >= 4 is 39.8 Å². The van der Waals surface area contributed by atoms with Crippen molar-refractivity contribution in [3.05, 3.63) is 65.3 Å². The van der Waals surface area contributed by atoms with Gasteiger partial charge in [-0.25, -0.2) is 0 Å². The monoisotopic (exact) mass is 424 g/mol. The number of carbonyl (C=O) groups excluding carboxylic acids is 1. The molecular formula is C23H25ClN4O2. The first-order valence-corrected chi connectivity index (χ1v) is 10.5. The molecule has 0 saturated carbocycles. The van der Waals surface area contributed by atoms with Crippen LogP contribution in [0, 0.1) is 0 Å². The molecule has 3 N–H and O–H groups in total. The van der Waals surface area contributed by atoms with Crippen LogP contribution in [0.3, 0.4) is 0 Å². The van der Waals surface area contributed by atoms with Gasteiger partial charge in [-0.2, -0.15) is 0 Å². The van der Waals surface area contributed by atoms with Crippen molar-refractivity contribution in [2.75, 3.05) is 30.3 Å². The Hall–Kier alpha value is -2.67. The number of aliphatic hydroxyl groups excluding tert-OH is 1. The number of amides is 1. The van der Waals surface area contributed by atoms with Gasteiger partial charge in [0, 0.05) is 47.0 Å². The van der Waals surface area contributed by atoms with Gasteiger partial charge in [-0.15, -0.1) is 0 Å². The summed E-state index contributed by atoms with van der Waals surface area (Å²) >= 11 is 6.17. The number of anilines is 2. The molecular weight excluding hydrogens is 400 g/mol. The Kier molecular flexibility index (Phi) is 6.47. The predicted molar refractivity (Wildman–Crippen MR) is 121 cm³/mol. The number of carbonyl (C=O) groups is 1. The molecule has 4 rings (SSSR count). The SMILES string of the molecule is O=C(CN1CCC(Nc2cccc(Cl)c2CO)CC1)Nc1cccc2ncccc12. The highest BCUT2D eigenvalue weighted by molar-refractivity contribution is 6.31. The summed E-state index contributed by atoms with van der Waals surface area (Å²) in [4.78, 5) is 19.1. The molecule has 0 spiro atoms. The van der Waals surface area contributed by atoms with Gasteiger partial charge in [-0.1, -0.05) is 23.7 Å². The van der Waals surface area contributed by atoms with E-state index in [4.69, 9.17) is 11.6 Å². The Morgan fingerprint density at radius 3 is 2.67 bits per heavy atom. The molecule has 1 aliphatic rings. The Balaban J connectivity index is 1.30. The smallest absolute Gasteiger partial charge is 0.238 e. The van der Waals surface area contributed by atoms with Crippen LogP contribution in [0.15, 0.2) is 54.7 Å². The summed E-state index contributed by atoms with van der Waals surface area (Å²) in [7, 11) is 0. The molecule has 3 aromatic rings. The largest absolute Gasteiger partial charge is 0.392 e. The van der Waals surface area contributed by atoms with E-state index in [1.165, 1.54) is 0 Å². The quantitative estimate of drug-likeness (QED) is 0.559. The van der Waals surface area contributed by atoms with Crippen molar-refractivity contribution in [1.29, 1.82) is 0 Å². The van der Waals surface area contributed by atoms with Crippen LogP contribution >= 0.6 is 11.6 Å². The minimum Gasteiger partial charge on any atom is -0.392 e. The number of nitrogens with zero attached hydrogens (tertiary/aromatic N) is 2. The van der Waals surface area contributed by atoms with Crippen molar-refractivity contribution in [3.63, 3.8) is 0 Å². The Morgan fingerprint density at radius 1 is 1.10 bits per heavy atom. The molecule has 30 heavy (non-hydrogen) atoms. The minimum atomic E-state index is -0.0925. The molecule has 0 unspecified atom stereocenters. The number of benzene rings is 2. The van der Waals surface area contributed by atoms with Crippen LogP contribution in [-0.4, -0.2) is 46.6 Å². The second kappa shape index (κ2) is 9.43. The van der Waals surface area contributed by atoms with Gasteiger partial charge in [0.1, 0.15) is 0 Å². The second-order valence-electron chi connectivity index (χ2n) is 7.54. The van der Waals surface area contributed by atoms with Crippen LogP contribution in [0.2, 0.25) is 5.02 Å². The fraction of sp³-hybridized carbons (Fsp3) is 0.304. The molecule has 6 nitrogen and oxygen atoms in total. The Bertz CT molecular complexity index is 1030. The van der Waals surface area contributed by atoms with E-state index in [0.29, 0.717) is 11.6 Å². The van der Waals surface area contributed by atoms with Crippen molar-refractivity contribution in [2.24, 2.45) is 0 Å². The highest BCUT2D eigenvalue weighted by Gasteiger charge is 2.22. The zero-order valence-corrected chi connectivity index (χ0v) is 17.4. The number of piperidine rings is 1. The highest BCUT2D eigenvalue weighted by Crippen LogP contribution is 2.27. The third kappa shape index (κ3) is 4.73. The molecule has 1 aliphatic heterocycles. The average molecular weight is 425 g/mol. The van der Waals surface area contributed by atoms with Crippen LogP contribution in [0.25, 0.3) is 10.9 Å². The highest BCUT2D eigenvalue weighted by atomic mass is 35.5. The maximum absolute atomic E-state index is 12.6. The molecule has 2 heterocycles. The number of likely N-dealkylation sites (tertiary alicyclic amines) is 1. The van der Waals surface area contributed by atoms with Gasteiger partial charge in [0.25, 0.3) is 0 Å². The number of nitrogens with one attached hydrogen (secondary N) is 2. The Morgan fingerprint density at radius 2 is 1.87 bits per heavy atom. The molecule has 0 bridgehead atoms. The first-order valence-electron chi connectivity index (χ1n) is 10.1. The number of pyridine rings is 1. The minimum absolute atomic E-state index is 0.0184. The van der Waals surface area contributed by atoms with Crippen molar-refractivity contribution in [1.82, 2.24) is 9.88 Å². The van der Waals surface area contributed by atoms with E-state index in [2.05, 4.69) is 20.5 Å². The summed E-state index contributed by atoms with van der Waals surface area (Å²) in [6, 6.07) is 15.5. The van der Waals surface area contributed by atoms with Gasteiger partial charge in [-0.05, 0) is 49.2 Å². The topological polar surface area (TPSA) is 77.5 Å². The summed E-state index contributed by atoms with van der Waals surface area (Å²) in [6.07, 6.45) is 3.59. The third-order valence-electron chi connectivity index (χ3n) is 5.51. The van der Waals surface area contributed by atoms with E-state index < -0.39 is 0 Å². The molecule has 0 atom stereocenters. The second-order valence-corrected chi connectivity index (χ2v) is 7.95. The fourth-order valence-corrected chi connectivity index (χ4v) is 4.15. The fourth-order valence-electron chi connectivity index (χ4n) is 3.92. The van der Waals surface area contributed by atoms with E-state index in [-0.39, 0.29) is 18.6 Å². The molecule has 0 aliphatic carbocycles. The molecule has 1 fully saturated rings. The summed E-state index contributed by atoms with van der Waals surface area (Å²) < 4.78 is 0. The van der Waals surface area contributed by atoms with E-state index in [9.17, 15) is 9.90 Å². The molecule has 1 aromatic heterocycles. The van der Waals surface area contributed by atoms with Crippen molar-refractivity contribution < 1.29 is 9.90 Å². The zero-order chi connectivity index (χ0) is 20.9. The molecule has 7 heteroatoms. The summed E-state index contributed by atoms with van der Waals surface area (Å²) in [5.41, 5.74) is 3.27. The first kappa shape index (κ1) is 20.6. The first-order chi connectivity index (χ1) is 14.6. The summed E-state index contributed by atoms with van der Waals surface area (Å²) in [5.74, 6) is -0.0184. The third-order valence-corrected chi connectivity index (χ3v) is 5.87. The van der Waals surface area contributed by atoms with Crippen LogP contribution in [0.1, 0.15) is 18.4 Å². The van der Waals surface area contributed by atoms with Gasteiger partial charge >= 0.3 is 0 Å². The summed E-state index contributed by atoms with van der Waals surface area (Å²) in [6.45, 7) is 1.93. The average Bonchev–Trinajstić information content (AvgIpc) is 2.75. The number of hydrogen-bond acceptors (Lipinski definition) is 5. The van der Waals surface area contributed by atoms with Gasteiger partial charge in [0.2, 0.25) is 5.91 Å². The number of rotatable bonds is 6. The Labute approximate surface area is 180 Å². The summed E-state index contributed by atoms with van der Waals surface area (Å²) in [5, 5.41) is 17.6. The molecule has 0 radical (unpaired) electrons. The number of hydrogen-bond donors (Lipinski definition) is 3. The van der Waals surface area contributed by atoms with E-state index in [0.717, 1.165) is 53.8 Å². The molecule has 156 valence electrons. The maximum atomic E-state index is 12.6. The standard InChI is InChI=1S/C23H25ClN4O2/c24-19-5-1-7-22(18(19)15-29)26-16-9-12-28(13-10-16)14-23(30)27-21-8-2-6-20-17(21)4-3-11-25-20/h1-8,11,16,26,29H,9-10,12-15H2,(H,27,30). The van der Waals surface area contributed by atoms with E-state index >= 15 is 0 Å². The molecule has 2 aromatic carbocycles. The molecule has 1 amide bonds. The lowest BCUT2D eigenvalue weighted by Crippen LogP contribution is -2.42. The van der Waals surface area contributed by atoms with E-state index in [1.807, 2.05) is 42.5 Å². The molecule has 1 saturated heterocycles. The van der Waals surface area contributed by atoms with Gasteiger partial charge in [-0.3, -0.25) is 14.7 Å². The number of aliphatic hydroxyl groups is 1. The van der Waals surface area contributed by atoms with Crippen LogP contribution in [0.4, 0.5) is 11.4 Å². The normalized spacial score (nSPS) is 15.3. The lowest BCUT2D eigenvalue weighted by Gasteiger charge is -2.32. The van der Waals surface area contributed by atoms with Crippen LogP contribution in [-0.2, 0) is 11.4 Å². The predicted octanol–water partition coefficient (Wildman–Crippen LogP) is 3.90. The van der Waals surface area contributed by atoms with Gasteiger partial charge < -0.3 is 15.7 Å². The van der Waals surface area contributed by atoms with Gasteiger partial charge in [0.15, 0.2) is 0 Å². The number of aromatic nitrogens is 1. The maximum Gasteiger partial charge on any atom is 0.238 e. The lowest BCUT2D eigenvalue weighted by atomic mass is 10.0. The van der Waals surface area contributed by atoms with Crippen molar-refractivity contribution in [2.45, 2.75) is 25.5 Å². The zero-order valence-electron chi connectivity index (χ0n) is 16.6. The van der Waals surface area contributed by atoms with Crippen LogP contribution < -0.4 is 10.6 Å². The number of halogens is 1. The van der Waals surface area contributed by atoms with Gasteiger partial charge in [0.05, 0.1) is 24.4 Å².